The molecule has 0 aromatic heterocycles. The van der Waals surface area contributed by atoms with Crippen LogP contribution in [0, 0.1) is 0 Å². The molecule has 0 aliphatic heterocycles. The molecule has 1 rings (SSSR count). The van der Waals surface area contributed by atoms with Gasteiger partial charge in [0.1, 0.15) is 5.75 Å². The number of benzene rings is 1. The molecule has 0 aliphatic rings. The molecule has 0 fully saturated rings. The van der Waals surface area contributed by atoms with Crippen molar-refractivity contribution in [1.29, 1.82) is 0 Å². The third-order valence-electron chi connectivity index (χ3n) is 3.47. The van der Waals surface area contributed by atoms with Crippen LogP contribution in [0.15, 0.2) is 47.4 Å². The molecule has 0 aliphatic carbocycles. The van der Waals surface area contributed by atoms with Crippen LogP contribution < -0.4 is 10.1 Å². The minimum atomic E-state index is -3.63. The molecule has 1 aromatic carbocycles. The lowest BCUT2D eigenvalue weighted by atomic mass is 10.2. The molecule has 1 aromatic rings. The zero-order valence-corrected chi connectivity index (χ0v) is 16.8. The summed E-state index contributed by atoms with van der Waals surface area (Å²) in [6.07, 6.45) is 6.38. The van der Waals surface area contributed by atoms with Crippen molar-refractivity contribution in [3.8, 4) is 5.75 Å². The normalized spacial score (nSPS) is 12.4. The van der Waals surface area contributed by atoms with Crippen LogP contribution in [0.5, 0.6) is 5.75 Å². The van der Waals surface area contributed by atoms with E-state index in [-0.39, 0.29) is 16.9 Å². The molecule has 0 bridgehead atoms. The number of anilines is 1. The number of ether oxygens (including phenoxy) is 1. The average Bonchev–Trinajstić information content (AvgIpc) is 2.57. The van der Waals surface area contributed by atoms with Crippen molar-refractivity contribution in [3.05, 3.63) is 42.5 Å². The highest BCUT2D eigenvalue weighted by Crippen LogP contribution is 2.30. The lowest BCUT2D eigenvalue weighted by molar-refractivity contribution is -0.111. The number of carbonyl (C=O) groups is 1. The summed E-state index contributed by atoms with van der Waals surface area (Å²) >= 11 is 0. The Balaban J connectivity index is 3.28. The minimum Gasteiger partial charge on any atom is -0.489 e. The van der Waals surface area contributed by atoms with Gasteiger partial charge in [-0.25, -0.2) is 8.42 Å². The Bertz CT molecular complexity index is 764. The maximum Gasteiger partial charge on any atom is 0.248 e. The molecular formula is C19H28N2O4S. The van der Waals surface area contributed by atoms with E-state index in [4.69, 9.17) is 4.74 Å². The number of rotatable bonds is 9. The summed E-state index contributed by atoms with van der Waals surface area (Å²) in [4.78, 5) is 12.2. The Kier molecular flexibility index (Phi) is 8.54. The number of hydrogen-bond donors (Lipinski definition) is 1. The fraction of sp³-hybridized carbons (Fsp3) is 0.421. The SMILES string of the molecule is C/C=C/C=C/C(=O)Nc1cc(S(=O)(=O)N(CC)CC)ccc1OC(C)C. The first kappa shape index (κ1) is 21.9. The van der Waals surface area contributed by atoms with Gasteiger partial charge in [-0.1, -0.05) is 32.1 Å². The van der Waals surface area contributed by atoms with Crippen molar-refractivity contribution in [3.63, 3.8) is 0 Å². The van der Waals surface area contributed by atoms with E-state index in [1.54, 1.807) is 38.1 Å². The predicted octanol–water partition coefficient (Wildman–Crippen LogP) is 3.58. The number of hydrogen-bond acceptors (Lipinski definition) is 4. The summed E-state index contributed by atoms with van der Waals surface area (Å²) in [7, 11) is -3.63. The quantitative estimate of drug-likeness (QED) is 0.525. The van der Waals surface area contributed by atoms with Crippen molar-refractivity contribution >= 4 is 21.6 Å². The monoisotopic (exact) mass is 380 g/mol. The van der Waals surface area contributed by atoms with Gasteiger partial charge in [-0.2, -0.15) is 4.31 Å². The van der Waals surface area contributed by atoms with Gasteiger partial charge in [0.15, 0.2) is 0 Å². The lowest BCUT2D eigenvalue weighted by Crippen LogP contribution is -2.30. The van der Waals surface area contributed by atoms with E-state index in [1.165, 1.54) is 22.5 Å². The van der Waals surface area contributed by atoms with E-state index in [0.29, 0.717) is 24.5 Å². The number of amides is 1. The number of nitrogens with one attached hydrogen (secondary N) is 1. The van der Waals surface area contributed by atoms with Crippen molar-refractivity contribution in [2.75, 3.05) is 18.4 Å². The summed E-state index contributed by atoms with van der Waals surface area (Å²) < 4.78 is 32.5. The van der Waals surface area contributed by atoms with Crippen molar-refractivity contribution in [2.45, 2.75) is 45.6 Å². The van der Waals surface area contributed by atoms with Crippen molar-refractivity contribution < 1.29 is 17.9 Å². The molecule has 0 atom stereocenters. The first-order chi connectivity index (χ1) is 12.3. The van der Waals surface area contributed by atoms with Crippen molar-refractivity contribution in [1.82, 2.24) is 4.31 Å². The van der Waals surface area contributed by atoms with Gasteiger partial charge in [-0.3, -0.25) is 4.79 Å². The molecule has 26 heavy (non-hydrogen) atoms. The summed E-state index contributed by atoms with van der Waals surface area (Å²) in [6.45, 7) is 9.88. The molecular weight excluding hydrogens is 352 g/mol. The molecule has 0 heterocycles. The highest BCUT2D eigenvalue weighted by Gasteiger charge is 2.23. The highest BCUT2D eigenvalue weighted by molar-refractivity contribution is 7.89. The van der Waals surface area contributed by atoms with E-state index >= 15 is 0 Å². The maximum atomic E-state index is 12.7. The van der Waals surface area contributed by atoms with Gasteiger partial charge in [0.05, 0.1) is 16.7 Å². The molecule has 1 amide bonds. The van der Waals surface area contributed by atoms with Crippen LogP contribution in [0.25, 0.3) is 0 Å². The van der Waals surface area contributed by atoms with Crippen molar-refractivity contribution in [2.24, 2.45) is 0 Å². The van der Waals surface area contributed by atoms with E-state index < -0.39 is 10.0 Å². The molecule has 1 N–H and O–H groups in total. The second kappa shape index (κ2) is 10.1. The van der Waals surface area contributed by atoms with Crippen LogP contribution in [0.1, 0.15) is 34.6 Å². The van der Waals surface area contributed by atoms with E-state index in [2.05, 4.69) is 5.32 Å². The van der Waals surface area contributed by atoms with Crippen LogP contribution in [0.3, 0.4) is 0 Å². The molecule has 0 saturated carbocycles. The Labute approximate surface area is 156 Å². The fourth-order valence-corrected chi connectivity index (χ4v) is 3.75. The summed E-state index contributed by atoms with van der Waals surface area (Å²) in [5.41, 5.74) is 0.321. The molecule has 7 heteroatoms. The molecule has 0 spiro atoms. The van der Waals surface area contributed by atoms with E-state index in [0.717, 1.165) is 0 Å². The second-order valence-corrected chi connectivity index (χ2v) is 7.73. The van der Waals surface area contributed by atoms with Gasteiger partial charge < -0.3 is 10.1 Å². The van der Waals surface area contributed by atoms with Gasteiger partial charge in [-0.15, -0.1) is 0 Å². The average molecular weight is 381 g/mol. The zero-order chi connectivity index (χ0) is 19.7. The molecule has 0 radical (unpaired) electrons. The van der Waals surface area contributed by atoms with Crippen LogP contribution in [-0.2, 0) is 14.8 Å². The standard InChI is InChI=1S/C19H28N2O4S/c1-6-9-10-11-19(22)20-17-14-16(12-13-18(17)25-15(4)5)26(23,24)21(7-2)8-3/h6,9-15H,7-8H2,1-5H3,(H,20,22)/b9-6+,11-10+. The second-order valence-electron chi connectivity index (χ2n) is 5.79. The Morgan fingerprint density at radius 3 is 2.42 bits per heavy atom. The fourth-order valence-electron chi connectivity index (χ4n) is 2.26. The Hall–Kier alpha value is -2.12. The van der Waals surface area contributed by atoms with Gasteiger partial charge in [0.2, 0.25) is 15.9 Å². The van der Waals surface area contributed by atoms with Crippen LogP contribution in [-0.4, -0.2) is 37.8 Å². The minimum absolute atomic E-state index is 0.116. The number of allylic oxidation sites excluding steroid dienone is 3. The third-order valence-corrected chi connectivity index (χ3v) is 5.51. The number of carbonyl (C=O) groups excluding carboxylic acids is 1. The first-order valence-electron chi connectivity index (χ1n) is 8.67. The van der Waals surface area contributed by atoms with Gasteiger partial charge >= 0.3 is 0 Å². The highest BCUT2D eigenvalue weighted by atomic mass is 32.2. The predicted molar refractivity (Wildman–Crippen MR) is 105 cm³/mol. The third kappa shape index (κ3) is 6.00. The number of nitrogens with zero attached hydrogens (tertiary/aromatic N) is 1. The maximum absolute atomic E-state index is 12.7. The van der Waals surface area contributed by atoms with Gasteiger partial charge in [0.25, 0.3) is 0 Å². The van der Waals surface area contributed by atoms with Gasteiger partial charge in [0, 0.05) is 19.2 Å². The molecule has 144 valence electrons. The number of sulfonamides is 1. The van der Waals surface area contributed by atoms with Crippen LogP contribution in [0.2, 0.25) is 0 Å². The Morgan fingerprint density at radius 2 is 1.88 bits per heavy atom. The Morgan fingerprint density at radius 1 is 1.23 bits per heavy atom. The topological polar surface area (TPSA) is 75.7 Å². The lowest BCUT2D eigenvalue weighted by Gasteiger charge is -2.20. The zero-order valence-electron chi connectivity index (χ0n) is 16.0. The molecule has 0 saturated heterocycles. The smallest absolute Gasteiger partial charge is 0.248 e. The molecule has 6 nitrogen and oxygen atoms in total. The largest absolute Gasteiger partial charge is 0.489 e. The van der Waals surface area contributed by atoms with Gasteiger partial charge in [-0.05, 0) is 39.0 Å². The summed E-state index contributed by atoms with van der Waals surface area (Å²) in [5.74, 6) is 0.0559. The van der Waals surface area contributed by atoms with E-state index in [9.17, 15) is 13.2 Å². The molecule has 0 unspecified atom stereocenters. The van der Waals surface area contributed by atoms with Crippen LogP contribution >= 0.6 is 0 Å². The summed E-state index contributed by atoms with van der Waals surface area (Å²) in [5, 5.41) is 2.69. The summed E-state index contributed by atoms with van der Waals surface area (Å²) in [6, 6.07) is 4.51. The van der Waals surface area contributed by atoms with E-state index in [1.807, 2.05) is 20.8 Å². The first-order valence-corrected chi connectivity index (χ1v) is 10.1. The van der Waals surface area contributed by atoms with Crippen LogP contribution in [0.4, 0.5) is 5.69 Å².